The predicted molar refractivity (Wildman–Crippen MR) is 144 cm³/mol. The normalized spacial score (nSPS) is 14.1. The largest absolute Gasteiger partial charge is 0.469 e. The molecule has 0 heterocycles. The van der Waals surface area contributed by atoms with Gasteiger partial charge in [0.2, 0.25) is 0 Å². The van der Waals surface area contributed by atoms with Crippen molar-refractivity contribution in [2.75, 3.05) is 26.8 Å². The Labute approximate surface area is 210 Å². The minimum atomic E-state index is -1.98. The number of ether oxygens (including phenoxy) is 2. The van der Waals surface area contributed by atoms with E-state index in [0.29, 0.717) is 36.2 Å². The maximum Gasteiger partial charge on any atom is 0.410 e. The number of hydrogen-bond donors (Lipinski definition) is 0. The lowest BCUT2D eigenvalue weighted by molar-refractivity contribution is -0.143. The lowest BCUT2D eigenvalue weighted by Gasteiger charge is -2.42. The molecule has 1 amide bonds. The quantitative estimate of drug-likeness (QED) is 0.104. The Hall–Kier alpha value is -1.60. The first-order valence-electron chi connectivity index (χ1n) is 12.5. The van der Waals surface area contributed by atoms with Gasteiger partial charge < -0.3 is 18.8 Å². The van der Waals surface area contributed by atoms with Gasteiger partial charge in [0, 0.05) is 25.1 Å². The highest BCUT2D eigenvalue weighted by Crippen LogP contribution is 2.42. The van der Waals surface area contributed by atoms with Crippen molar-refractivity contribution in [2.24, 2.45) is 5.41 Å². The van der Waals surface area contributed by atoms with Crippen LogP contribution in [-0.2, 0) is 18.7 Å². The van der Waals surface area contributed by atoms with E-state index in [9.17, 15) is 9.59 Å². The molecule has 0 unspecified atom stereocenters. The van der Waals surface area contributed by atoms with E-state index in [1.807, 2.05) is 20.8 Å². The van der Waals surface area contributed by atoms with Crippen LogP contribution < -0.4 is 0 Å². The lowest BCUT2D eigenvalue weighted by atomic mass is 9.79. The molecule has 0 N–H and O–H groups in total. The highest BCUT2D eigenvalue weighted by Gasteiger charge is 2.45. The summed E-state index contributed by atoms with van der Waals surface area (Å²) in [6.07, 6.45) is 4.52. The van der Waals surface area contributed by atoms with Crippen LogP contribution in [0, 0.1) is 5.41 Å². The van der Waals surface area contributed by atoms with E-state index in [1.165, 1.54) is 7.11 Å². The molecule has 0 saturated heterocycles. The molecule has 0 fully saturated rings. The van der Waals surface area contributed by atoms with Gasteiger partial charge >= 0.3 is 12.1 Å². The van der Waals surface area contributed by atoms with Crippen LogP contribution in [0.5, 0.6) is 0 Å². The second kappa shape index (κ2) is 14.1. The van der Waals surface area contributed by atoms with E-state index >= 15 is 0 Å². The fraction of sp³-hybridized carbons (Fsp3) is 0.778. The molecule has 0 aromatic rings. The zero-order chi connectivity index (χ0) is 26.7. The molecule has 0 aliphatic carbocycles. The number of carbonyl (C=O) groups is 2. The standard InChI is InChI=1S/C27H51NO5Si/c1-13-17-28(25(30)33-26(9,10)11)20-27(14-2,19-24(29)31-12)16-15-18-32-34(21(3)4,22(5)6)23(7)8/h13-14,21-23H,1-2,15-20H2,3-12H3/t27-/m0/s1. The average Bonchev–Trinajstić information content (AvgIpc) is 2.70. The highest BCUT2D eigenvalue weighted by molar-refractivity contribution is 6.77. The molecule has 7 heteroatoms. The van der Waals surface area contributed by atoms with Gasteiger partial charge in [0.1, 0.15) is 5.60 Å². The van der Waals surface area contributed by atoms with Crippen LogP contribution in [0.1, 0.15) is 81.6 Å². The van der Waals surface area contributed by atoms with Crippen LogP contribution in [0.25, 0.3) is 0 Å². The van der Waals surface area contributed by atoms with Crippen LogP contribution in [-0.4, -0.2) is 57.7 Å². The molecular formula is C27H51NO5Si. The number of rotatable bonds is 15. The van der Waals surface area contributed by atoms with Gasteiger partial charge in [-0.3, -0.25) is 4.79 Å². The van der Waals surface area contributed by atoms with Crippen molar-refractivity contribution in [2.45, 2.75) is 104 Å². The lowest BCUT2D eigenvalue weighted by Crippen LogP contribution is -2.48. The van der Waals surface area contributed by atoms with E-state index in [1.54, 1.807) is 17.1 Å². The van der Waals surface area contributed by atoms with Gasteiger partial charge in [-0.2, -0.15) is 0 Å². The number of esters is 1. The fourth-order valence-electron chi connectivity index (χ4n) is 5.06. The first-order valence-corrected chi connectivity index (χ1v) is 14.7. The van der Waals surface area contributed by atoms with Crippen molar-refractivity contribution in [3.05, 3.63) is 25.3 Å². The molecule has 0 bridgehead atoms. The summed E-state index contributed by atoms with van der Waals surface area (Å²) in [6.45, 7) is 28.1. The summed E-state index contributed by atoms with van der Waals surface area (Å²) in [5.41, 5.74) is 0.224. The van der Waals surface area contributed by atoms with Gasteiger partial charge in [0.25, 0.3) is 0 Å². The maximum atomic E-state index is 12.9. The molecule has 0 aromatic carbocycles. The molecule has 34 heavy (non-hydrogen) atoms. The molecule has 0 radical (unpaired) electrons. The van der Waals surface area contributed by atoms with E-state index in [0.717, 1.165) is 6.42 Å². The molecule has 198 valence electrons. The third-order valence-corrected chi connectivity index (χ3v) is 12.7. The second-order valence-electron chi connectivity index (χ2n) is 11.2. The Morgan fingerprint density at radius 1 is 1.00 bits per heavy atom. The molecular weight excluding hydrogens is 446 g/mol. The summed E-state index contributed by atoms with van der Waals surface area (Å²) in [7, 11) is -0.600. The minimum absolute atomic E-state index is 0.130. The monoisotopic (exact) mass is 497 g/mol. The number of methoxy groups -OCH3 is 1. The minimum Gasteiger partial charge on any atom is -0.469 e. The number of hydrogen-bond acceptors (Lipinski definition) is 5. The molecule has 0 spiro atoms. The van der Waals surface area contributed by atoms with Gasteiger partial charge in [-0.25, -0.2) is 4.79 Å². The summed E-state index contributed by atoms with van der Waals surface area (Å²) in [5.74, 6) is -0.334. The Morgan fingerprint density at radius 3 is 1.91 bits per heavy atom. The Balaban J connectivity index is 5.72. The Kier molecular flexibility index (Phi) is 13.4. The fourth-order valence-corrected chi connectivity index (χ4v) is 10.6. The van der Waals surface area contributed by atoms with Gasteiger partial charge in [-0.05, 0) is 50.2 Å². The average molecular weight is 498 g/mol. The van der Waals surface area contributed by atoms with Crippen LogP contribution in [0.4, 0.5) is 4.79 Å². The van der Waals surface area contributed by atoms with Gasteiger partial charge in [0.05, 0.1) is 13.5 Å². The summed E-state index contributed by atoms with van der Waals surface area (Å²) in [4.78, 5) is 26.8. The SMILES string of the molecule is C=CCN(C[C@@](C=C)(CCCO[Si](C(C)C)(C(C)C)C(C)C)CC(=O)OC)C(=O)OC(C)(C)C. The van der Waals surface area contributed by atoms with Gasteiger partial charge in [-0.1, -0.05) is 53.7 Å². The van der Waals surface area contributed by atoms with Gasteiger partial charge in [-0.15, -0.1) is 13.2 Å². The van der Waals surface area contributed by atoms with Gasteiger partial charge in [0.15, 0.2) is 8.32 Å². The topological polar surface area (TPSA) is 65.1 Å². The Bertz CT molecular complexity index is 647. The van der Waals surface area contributed by atoms with E-state index < -0.39 is 25.4 Å². The highest BCUT2D eigenvalue weighted by atomic mass is 28.4. The Morgan fingerprint density at radius 2 is 1.53 bits per heavy atom. The third-order valence-electron chi connectivity index (χ3n) is 6.54. The summed E-state index contributed by atoms with van der Waals surface area (Å²) in [6, 6.07) is 0. The van der Waals surface area contributed by atoms with Crippen molar-refractivity contribution in [1.82, 2.24) is 4.90 Å². The third kappa shape index (κ3) is 9.57. The second-order valence-corrected chi connectivity index (χ2v) is 16.7. The zero-order valence-electron chi connectivity index (χ0n) is 23.5. The zero-order valence-corrected chi connectivity index (χ0v) is 24.5. The first-order chi connectivity index (χ1) is 15.6. The number of nitrogens with zero attached hydrogens (tertiary/aromatic N) is 1. The van der Waals surface area contributed by atoms with E-state index in [2.05, 4.69) is 54.7 Å². The molecule has 6 nitrogen and oxygen atoms in total. The van der Waals surface area contributed by atoms with Crippen molar-refractivity contribution in [3.63, 3.8) is 0 Å². The smallest absolute Gasteiger partial charge is 0.410 e. The number of carbonyl (C=O) groups excluding carboxylic acids is 2. The van der Waals surface area contributed by atoms with Crippen LogP contribution in [0.15, 0.2) is 25.3 Å². The van der Waals surface area contributed by atoms with Crippen LogP contribution >= 0.6 is 0 Å². The van der Waals surface area contributed by atoms with Crippen LogP contribution in [0.3, 0.4) is 0 Å². The molecule has 1 atom stereocenters. The summed E-state index contributed by atoms with van der Waals surface area (Å²) >= 11 is 0. The maximum absolute atomic E-state index is 12.9. The molecule has 0 aliphatic rings. The van der Waals surface area contributed by atoms with E-state index in [4.69, 9.17) is 13.9 Å². The van der Waals surface area contributed by atoms with Crippen molar-refractivity contribution in [1.29, 1.82) is 0 Å². The number of amides is 1. The summed E-state index contributed by atoms with van der Waals surface area (Å²) < 4.78 is 17.3. The van der Waals surface area contributed by atoms with Crippen molar-refractivity contribution < 1.29 is 23.5 Å². The predicted octanol–water partition coefficient (Wildman–Crippen LogP) is 7.12. The molecule has 0 rings (SSSR count). The molecule has 0 saturated carbocycles. The first kappa shape index (κ1) is 32.4. The van der Waals surface area contributed by atoms with Crippen molar-refractivity contribution >= 4 is 20.4 Å². The molecule has 0 aliphatic heterocycles. The van der Waals surface area contributed by atoms with Crippen LogP contribution in [0.2, 0.25) is 16.6 Å². The van der Waals surface area contributed by atoms with E-state index in [-0.39, 0.29) is 18.9 Å². The summed E-state index contributed by atoms with van der Waals surface area (Å²) in [5, 5.41) is 0. The van der Waals surface area contributed by atoms with Crippen molar-refractivity contribution in [3.8, 4) is 0 Å². The molecule has 0 aromatic heterocycles.